The third-order valence-corrected chi connectivity index (χ3v) is 2.48. The summed E-state index contributed by atoms with van der Waals surface area (Å²) < 4.78 is 4.51. The topological polar surface area (TPSA) is 38.7 Å². The fourth-order valence-electron chi connectivity index (χ4n) is 0.931. The Bertz CT molecular complexity index is 332. The van der Waals surface area contributed by atoms with Crippen LogP contribution < -0.4 is 0 Å². The smallest absolute Gasteiger partial charge is 0.337 e. The van der Waals surface area contributed by atoms with Gasteiger partial charge in [0.25, 0.3) is 0 Å². The molecule has 0 amide bonds. The quantitative estimate of drug-likeness (QED) is 0.322. The first kappa shape index (κ1) is 14.9. The van der Waals surface area contributed by atoms with Crippen LogP contribution >= 0.6 is 11.6 Å². The van der Waals surface area contributed by atoms with Gasteiger partial charge in [0.15, 0.2) is 0 Å². The van der Waals surface area contributed by atoms with Crippen molar-refractivity contribution in [1.82, 2.24) is 0 Å². The Kier molecular flexibility index (Phi) is 6.74. The van der Waals surface area contributed by atoms with Crippen molar-refractivity contribution in [3.8, 4) is 0 Å². The molecule has 1 unspecified atom stereocenters. The summed E-state index contributed by atoms with van der Waals surface area (Å²) >= 11 is 5.99. The van der Waals surface area contributed by atoms with Crippen molar-refractivity contribution in [2.24, 2.45) is 4.99 Å². The van der Waals surface area contributed by atoms with E-state index in [0.717, 1.165) is 6.42 Å². The molecule has 4 heteroatoms. The molecular weight excluding hydrogens is 226 g/mol. The van der Waals surface area contributed by atoms with E-state index in [0.29, 0.717) is 10.7 Å². The maximum absolute atomic E-state index is 11.1. The highest BCUT2D eigenvalue weighted by atomic mass is 35.5. The number of hydrogen-bond donors (Lipinski definition) is 0. The number of hydrogen-bond acceptors (Lipinski definition) is 3. The summed E-state index contributed by atoms with van der Waals surface area (Å²) in [6.07, 6.45) is 2.41. The summed E-state index contributed by atoms with van der Waals surface area (Å²) in [6, 6.07) is 0.216. The van der Waals surface area contributed by atoms with Crippen molar-refractivity contribution in [2.75, 3.05) is 7.11 Å². The van der Waals surface area contributed by atoms with E-state index in [1.165, 1.54) is 13.2 Å². The van der Waals surface area contributed by atoms with Gasteiger partial charge in [0.05, 0.1) is 23.4 Å². The van der Waals surface area contributed by atoms with Crippen LogP contribution in [0.1, 0.15) is 27.2 Å². The highest BCUT2D eigenvalue weighted by Gasteiger charge is 2.06. The first-order chi connectivity index (χ1) is 7.42. The molecule has 0 aromatic rings. The van der Waals surface area contributed by atoms with E-state index in [4.69, 9.17) is 11.6 Å². The molecule has 16 heavy (non-hydrogen) atoms. The molecule has 0 aromatic heterocycles. The molecule has 0 aliphatic rings. The molecule has 0 heterocycles. The fraction of sp³-hybridized carbons (Fsp3) is 0.500. The van der Waals surface area contributed by atoms with E-state index < -0.39 is 5.97 Å². The van der Waals surface area contributed by atoms with E-state index in [1.54, 1.807) is 6.92 Å². The number of halogens is 1. The number of ether oxygens (including phenoxy) is 1. The van der Waals surface area contributed by atoms with Crippen LogP contribution in [0.15, 0.2) is 28.3 Å². The van der Waals surface area contributed by atoms with Gasteiger partial charge in [-0.15, -0.1) is 0 Å². The number of carbonyl (C=O) groups excluding carboxylic acids is 1. The third kappa shape index (κ3) is 5.12. The predicted molar refractivity (Wildman–Crippen MR) is 68.0 cm³/mol. The molecule has 0 radical (unpaired) electrons. The number of aliphatic imine (C=N–C) groups is 1. The van der Waals surface area contributed by atoms with Crippen LogP contribution in [0.25, 0.3) is 0 Å². The summed E-state index contributed by atoms with van der Waals surface area (Å²) in [4.78, 5) is 15.4. The minimum Gasteiger partial charge on any atom is -0.465 e. The van der Waals surface area contributed by atoms with Gasteiger partial charge >= 0.3 is 5.97 Å². The van der Waals surface area contributed by atoms with Gasteiger partial charge in [0.1, 0.15) is 0 Å². The van der Waals surface area contributed by atoms with Gasteiger partial charge < -0.3 is 4.74 Å². The molecule has 0 N–H and O–H groups in total. The SMILES string of the molecule is C=C(C=C(Cl)C(C)=NC(C)CC)C(=O)OC. The molecule has 0 aromatic carbocycles. The Morgan fingerprint density at radius 2 is 2.19 bits per heavy atom. The molecule has 1 atom stereocenters. The van der Waals surface area contributed by atoms with Crippen LogP contribution in [0, 0.1) is 0 Å². The summed E-state index contributed by atoms with van der Waals surface area (Å²) in [7, 11) is 1.30. The van der Waals surface area contributed by atoms with Crippen molar-refractivity contribution in [3.05, 3.63) is 23.3 Å². The van der Waals surface area contributed by atoms with E-state index in [2.05, 4.69) is 16.3 Å². The van der Waals surface area contributed by atoms with E-state index in [-0.39, 0.29) is 11.6 Å². The van der Waals surface area contributed by atoms with Gasteiger partial charge in [-0.25, -0.2) is 4.79 Å². The van der Waals surface area contributed by atoms with Gasteiger partial charge in [-0.2, -0.15) is 0 Å². The average Bonchev–Trinajstić information content (AvgIpc) is 2.27. The van der Waals surface area contributed by atoms with Crippen molar-refractivity contribution in [3.63, 3.8) is 0 Å². The lowest BCUT2D eigenvalue weighted by Crippen LogP contribution is -2.04. The molecule has 0 bridgehead atoms. The Morgan fingerprint density at radius 1 is 1.62 bits per heavy atom. The Labute approximate surface area is 102 Å². The molecule has 0 saturated heterocycles. The van der Waals surface area contributed by atoms with Gasteiger partial charge in [-0.05, 0) is 26.3 Å². The summed E-state index contributed by atoms with van der Waals surface area (Å²) in [5.41, 5.74) is 0.910. The van der Waals surface area contributed by atoms with Crippen molar-refractivity contribution in [2.45, 2.75) is 33.2 Å². The molecule has 0 fully saturated rings. The number of rotatable bonds is 5. The first-order valence-corrected chi connectivity index (χ1v) is 5.49. The molecule has 0 saturated carbocycles. The molecule has 3 nitrogen and oxygen atoms in total. The third-order valence-electron chi connectivity index (χ3n) is 2.10. The second-order valence-electron chi connectivity index (χ2n) is 3.48. The van der Waals surface area contributed by atoms with Crippen LogP contribution in [-0.4, -0.2) is 24.8 Å². The highest BCUT2D eigenvalue weighted by molar-refractivity contribution is 6.43. The Hall–Kier alpha value is -1.09. The second kappa shape index (κ2) is 7.23. The van der Waals surface area contributed by atoms with Gasteiger partial charge in [-0.1, -0.05) is 25.1 Å². The van der Waals surface area contributed by atoms with E-state index in [1.807, 2.05) is 13.8 Å². The minimum absolute atomic E-state index is 0.214. The van der Waals surface area contributed by atoms with Crippen LogP contribution in [0.2, 0.25) is 0 Å². The molecular formula is C12H18ClNO2. The maximum atomic E-state index is 11.1. The van der Waals surface area contributed by atoms with Gasteiger partial charge in [0, 0.05) is 6.04 Å². The molecule has 0 aliphatic heterocycles. The van der Waals surface area contributed by atoms with Crippen molar-refractivity contribution >= 4 is 23.3 Å². The monoisotopic (exact) mass is 243 g/mol. The predicted octanol–water partition coefficient (Wildman–Crippen LogP) is 3.10. The highest BCUT2D eigenvalue weighted by Crippen LogP contribution is 2.11. The maximum Gasteiger partial charge on any atom is 0.337 e. The molecule has 90 valence electrons. The van der Waals surface area contributed by atoms with Gasteiger partial charge in [-0.3, -0.25) is 4.99 Å². The minimum atomic E-state index is -0.491. The van der Waals surface area contributed by atoms with E-state index >= 15 is 0 Å². The number of methoxy groups -OCH3 is 1. The lowest BCUT2D eigenvalue weighted by Gasteiger charge is -2.05. The summed E-state index contributed by atoms with van der Waals surface area (Å²) in [5.74, 6) is -0.491. The standard InChI is InChI=1S/C12H18ClNO2/c1-6-9(3)14-10(4)11(13)7-8(2)12(15)16-5/h7,9H,2,6H2,1,3-5H3. The molecule has 0 spiro atoms. The zero-order chi connectivity index (χ0) is 12.7. The number of carbonyl (C=O) groups is 1. The van der Waals surface area contributed by atoms with Crippen LogP contribution in [0.5, 0.6) is 0 Å². The fourth-order valence-corrected chi connectivity index (χ4v) is 1.11. The summed E-state index contributed by atoms with van der Waals surface area (Å²) in [5, 5.41) is 0.413. The second-order valence-corrected chi connectivity index (χ2v) is 3.89. The van der Waals surface area contributed by atoms with Crippen LogP contribution in [0.3, 0.4) is 0 Å². The Morgan fingerprint density at radius 3 is 2.62 bits per heavy atom. The van der Waals surface area contributed by atoms with E-state index in [9.17, 15) is 4.79 Å². The zero-order valence-electron chi connectivity index (χ0n) is 10.2. The van der Waals surface area contributed by atoms with Crippen molar-refractivity contribution in [1.29, 1.82) is 0 Å². The largest absolute Gasteiger partial charge is 0.465 e. The first-order valence-electron chi connectivity index (χ1n) is 5.11. The number of esters is 1. The van der Waals surface area contributed by atoms with Crippen LogP contribution in [-0.2, 0) is 9.53 Å². The number of nitrogens with zero attached hydrogens (tertiary/aromatic N) is 1. The molecule has 0 rings (SSSR count). The zero-order valence-corrected chi connectivity index (χ0v) is 11.0. The van der Waals surface area contributed by atoms with Crippen LogP contribution in [0.4, 0.5) is 0 Å². The summed E-state index contributed by atoms with van der Waals surface area (Å²) in [6.45, 7) is 9.41. The normalized spacial score (nSPS) is 14.6. The van der Waals surface area contributed by atoms with Crippen molar-refractivity contribution < 1.29 is 9.53 Å². The average molecular weight is 244 g/mol. The lowest BCUT2D eigenvalue weighted by atomic mass is 10.2. The Balaban J connectivity index is 4.72. The molecule has 0 aliphatic carbocycles. The lowest BCUT2D eigenvalue weighted by molar-refractivity contribution is -0.135. The van der Waals surface area contributed by atoms with Gasteiger partial charge in [0.2, 0.25) is 0 Å². The number of allylic oxidation sites excluding steroid dienone is 1.